The molecule has 2 aliphatic heterocycles. The van der Waals surface area contributed by atoms with Crippen molar-refractivity contribution in [3.63, 3.8) is 0 Å². The van der Waals surface area contributed by atoms with Crippen LogP contribution in [0.3, 0.4) is 0 Å². The molecule has 10 nitrogen and oxygen atoms in total. The highest BCUT2D eigenvalue weighted by Gasteiger charge is 2.28. The number of nitrogens with zero attached hydrogens (tertiary/aromatic N) is 2. The Morgan fingerprint density at radius 2 is 0.893 bits per heavy atom. The Kier molecular flexibility index (Phi) is 12.4. The molecule has 10 N–H and O–H groups in total. The Labute approximate surface area is 170 Å². The summed E-state index contributed by atoms with van der Waals surface area (Å²) in [4.78, 5) is 4.75. The van der Waals surface area contributed by atoms with Gasteiger partial charge in [-0.05, 0) is 6.92 Å². The predicted molar refractivity (Wildman–Crippen MR) is 116 cm³/mol. The molecule has 166 valence electrons. The van der Waals surface area contributed by atoms with Gasteiger partial charge in [0.1, 0.15) is 0 Å². The van der Waals surface area contributed by atoms with Gasteiger partial charge in [-0.2, -0.15) is 0 Å². The maximum Gasteiger partial charge on any atom is 0.0713 e. The zero-order valence-corrected chi connectivity index (χ0v) is 17.7. The third kappa shape index (κ3) is 8.95. The van der Waals surface area contributed by atoms with Crippen molar-refractivity contribution in [2.45, 2.75) is 25.4 Å². The van der Waals surface area contributed by atoms with Gasteiger partial charge in [-0.1, -0.05) is 0 Å². The minimum Gasteiger partial charge on any atom is -0.315 e. The molecule has 2 rings (SSSR count). The highest BCUT2D eigenvalue weighted by Crippen LogP contribution is 2.10. The van der Waals surface area contributed by atoms with E-state index in [0.717, 1.165) is 91.6 Å². The van der Waals surface area contributed by atoms with Crippen LogP contribution < -0.4 is 43.4 Å². The molecule has 0 aromatic heterocycles. The van der Waals surface area contributed by atoms with Crippen molar-refractivity contribution in [1.82, 2.24) is 41.7 Å². The molecule has 2 fully saturated rings. The summed E-state index contributed by atoms with van der Waals surface area (Å²) < 4.78 is 0. The Hall–Kier alpha value is -0.400. The van der Waals surface area contributed by atoms with Crippen LogP contribution in [0.5, 0.6) is 0 Å². The molecule has 2 saturated heterocycles. The quantitative estimate of drug-likeness (QED) is 0.233. The topological polar surface area (TPSA) is 131 Å². The summed E-state index contributed by atoms with van der Waals surface area (Å²) in [7, 11) is 0. The summed E-state index contributed by atoms with van der Waals surface area (Å²) in [6.07, 6.45) is 0.0733. The molecule has 10 heteroatoms. The van der Waals surface area contributed by atoms with E-state index >= 15 is 0 Å². The number of hydrogen-bond acceptors (Lipinski definition) is 10. The fourth-order valence-electron chi connectivity index (χ4n) is 3.81. The number of rotatable bonds is 2. The molecule has 0 aromatic carbocycles. The minimum atomic E-state index is -0.0464. The number of nitrogens with two attached hydrogens (primary N) is 2. The largest absolute Gasteiger partial charge is 0.315 e. The lowest BCUT2D eigenvalue weighted by Gasteiger charge is -2.43. The highest BCUT2D eigenvalue weighted by atomic mass is 15.4. The number of hydrogen-bond donors (Lipinski definition) is 8. The van der Waals surface area contributed by atoms with Crippen molar-refractivity contribution < 1.29 is 0 Å². The lowest BCUT2D eigenvalue weighted by atomic mass is 10.2. The van der Waals surface area contributed by atoms with E-state index in [-0.39, 0.29) is 18.5 Å². The smallest absolute Gasteiger partial charge is 0.0713 e. The zero-order valence-electron chi connectivity index (χ0n) is 17.7. The summed E-state index contributed by atoms with van der Waals surface area (Å²) in [6.45, 7) is 15.2. The van der Waals surface area contributed by atoms with Crippen LogP contribution in [0.4, 0.5) is 0 Å². The minimum absolute atomic E-state index is 0.0464. The van der Waals surface area contributed by atoms with E-state index in [1.165, 1.54) is 0 Å². The van der Waals surface area contributed by atoms with Crippen molar-refractivity contribution in [2.24, 2.45) is 11.5 Å². The first-order chi connectivity index (χ1) is 13.7. The highest BCUT2D eigenvalue weighted by molar-refractivity contribution is 4.81. The molecule has 0 aliphatic carbocycles. The third-order valence-electron chi connectivity index (χ3n) is 5.53. The molecular weight excluding hydrogens is 356 g/mol. The van der Waals surface area contributed by atoms with E-state index in [0.29, 0.717) is 0 Å². The average molecular weight is 401 g/mol. The van der Waals surface area contributed by atoms with E-state index in [1.54, 1.807) is 0 Å². The first-order valence-electron chi connectivity index (χ1n) is 11.0. The summed E-state index contributed by atoms with van der Waals surface area (Å²) in [5.41, 5.74) is 13.2. The van der Waals surface area contributed by atoms with Crippen LogP contribution >= 0.6 is 0 Å². The summed E-state index contributed by atoms with van der Waals surface area (Å²) in [6, 6.07) is 0. The molecule has 0 spiro atoms. The van der Waals surface area contributed by atoms with Gasteiger partial charge in [0.25, 0.3) is 0 Å². The van der Waals surface area contributed by atoms with Gasteiger partial charge in [-0.25, -0.2) is 0 Å². The van der Waals surface area contributed by atoms with Crippen LogP contribution in [0.2, 0.25) is 0 Å². The van der Waals surface area contributed by atoms with Gasteiger partial charge in [0.05, 0.1) is 18.5 Å². The normalized spacial score (nSPS) is 31.0. The van der Waals surface area contributed by atoms with Gasteiger partial charge >= 0.3 is 0 Å². The monoisotopic (exact) mass is 400 g/mol. The fourth-order valence-corrected chi connectivity index (χ4v) is 3.81. The summed E-state index contributed by atoms with van der Waals surface area (Å²) in [5.74, 6) is 0. The lowest BCUT2D eigenvalue weighted by molar-refractivity contribution is 0.000446. The second-order valence-electron chi connectivity index (χ2n) is 7.65. The molecule has 2 aliphatic rings. The Morgan fingerprint density at radius 3 is 1.29 bits per heavy atom. The second kappa shape index (κ2) is 14.6. The van der Waals surface area contributed by atoms with Crippen molar-refractivity contribution in [3.05, 3.63) is 0 Å². The van der Waals surface area contributed by atoms with Gasteiger partial charge in [0.2, 0.25) is 0 Å². The third-order valence-corrected chi connectivity index (χ3v) is 5.53. The van der Waals surface area contributed by atoms with Crippen LogP contribution in [0.25, 0.3) is 0 Å². The number of nitrogens with one attached hydrogen (secondary N) is 6. The first-order valence-corrected chi connectivity index (χ1v) is 11.0. The molecule has 2 atom stereocenters. The predicted octanol–water partition coefficient (Wildman–Crippen LogP) is -3.93. The van der Waals surface area contributed by atoms with Gasteiger partial charge in [-0.3, -0.25) is 9.80 Å². The average Bonchev–Trinajstić information content (AvgIpc) is 2.67. The van der Waals surface area contributed by atoms with Gasteiger partial charge in [0.15, 0.2) is 0 Å². The van der Waals surface area contributed by atoms with Crippen LogP contribution in [0.15, 0.2) is 0 Å². The van der Waals surface area contributed by atoms with Crippen molar-refractivity contribution in [2.75, 3.05) is 91.6 Å². The zero-order chi connectivity index (χ0) is 20.0. The maximum absolute atomic E-state index is 6.59. The molecule has 2 heterocycles. The molecule has 0 saturated carbocycles. The summed E-state index contributed by atoms with van der Waals surface area (Å²) in [5, 5.41) is 20.8. The van der Waals surface area contributed by atoms with E-state index in [2.05, 4.69) is 48.6 Å². The second-order valence-corrected chi connectivity index (χ2v) is 7.65. The van der Waals surface area contributed by atoms with Crippen molar-refractivity contribution in [1.29, 1.82) is 0 Å². The van der Waals surface area contributed by atoms with Crippen LogP contribution in [-0.4, -0.2) is 120 Å². The Balaban J connectivity index is 2.00. The maximum atomic E-state index is 6.59. The molecule has 28 heavy (non-hydrogen) atoms. The molecular formula is C18H44N10. The van der Waals surface area contributed by atoms with E-state index in [4.69, 9.17) is 11.5 Å². The molecule has 0 aromatic rings. The van der Waals surface area contributed by atoms with Crippen LogP contribution in [-0.2, 0) is 0 Å². The van der Waals surface area contributed by atoms with Crippen LogP contribution in [0, 0.1) is 0 Å². The first kappa shape index (κ1) is 23.9. The van der Waals surface area contributed by atoms with Crippen LogP contribution in [0.1, 0.15) is 6.92 Å². The standard InChI is InChI=1S/C18H44N10/c1-16(27-12-10-23-4-2-21-6-8-25-14-17(27)19)28-13-11-24-5-3-22-7-9-26-15-18(28)20/h16-18,21-26H,2-15,19-20H2,1H3. The molecule has 0 amide bonds. The van der Waals surface area contributed by atoms with Crippen molar-refractivity contribution in [3.8, 4) is 0 Å². The van der Waals surface area contributed by atoms with Gasteiger partial charge in [-0.15, -0.1) is 0 Å². The lowest BCUT2D eigenvalue weighted by Crippen LogP contribution is -2.64. The van der Waals surface area contributed by atoms with E-state index < -0.39 is 0 Å². The van der Waals surface area contributed by atoms with Gasteiger partial charge < -0.3 is 43.4 Å². The Bertz CT molecular complexity index is 351. The molecule has 0 radical (unpaired) electrons. The molecule has 0 bridgehead atoms. The summed E-state index contributed by atoms with van der Waals surface area (Å²) >= 11 is 0. The SMILES string of the molecule is CC(N1CCNCCNCCNCC1N)N1CCNCCNCCNCC1N. The Morgan fingerprint density at radius 1 is 0.571 bits per heavy atom. The van der Waals surface area contributed by atoms with Crippen molar-refractivity contribution >= 4 is 0 Å². The van der Waals surface area contributed by atoms with E-state index in [1.807, 2.05) is 0 Å². The molecule has 2 unspecified atom stereocenters. The van der Waals surface area contributed by atoms with E-state index in [9.17, 15) is 0 Å². The van der Waals surface area contributed by atoms with Gasteiger partial charge in [0, 0.05) is 91.6 Å². The fraction of sp³-hybridized carbons (Fsp3) is 1.00.